The normalized spacial score (nSPS) is 15.9. The van der Waals surface area contributed by atoms with Gasteiger partial charge in [0, 0.05) is 26.4 Å². The molecule has 0 saturated carbocycles. The third-order valence-corrected chi connectivity index (χ3v) is 5.97. The van der Waals surface area contributed by atoms with Gasteiger partial charge in [0.25, 0.3) is 5.56 Å². The van der Waals surface area contributed by atoms with Gasteiger partial charge in [0.2, 0.25) is 0 Å². The molecule has 0 spiro atoms. The van der Waals surface area contributed by atoms with Crippen LogP contribution in [0.15, 0.2) is 45.0 Å². The molecular weight excluding hydrogens is 425 g/mol. The number of aryl methyl sites for hydroxylation is 1. The van der Waals surface area contributed by atoms with Gasteiger partial charge in [0.05, 0.1) is 11.9 Å². The number of fused-ring (bicyclic) bond motifs is 1. The summed E-state index contributed by atoms with van der Waals surface area (Å²) in [6, 6.07) is 5.58. The quantitative estimate of drug-likeness (QED) is 0.569. The van der Waals surface area contributed by atoms with Crippen LogP contribution in [0.25, 0.3) is 11.2 Å². The molecule has 4 rings (SSSR count). The van der Waals surface area contributed by atoms with Crippen molar-refractivity contribution in [1.82, 2.24) is 24.0 Å². The summed E-state index contributed by atoms with van der Waals surface area (Å²) in [5, 5.41) is 12.3. The van der Waals surface area contributed by atoms with E-state index in [0.29, 0.717) is 12.3 Å². The maximum Gasteiger partial charge on any atom is 0.332 e. The first kappa shape index (κ1) is 21.2. The first-order valence-corrected chi connectivity index (χ1v) is 10.6. The van der Waals surface area contributed by atoms with Gasteiger partial charge in [-0.25, -0.2) is 9.18 Å². The van der Waals surface area contributed by atoms with Gasteiger partial charge in [-0.2, -0.15) is 4.98 Å². The van der Waals surface area contributed by atoms with E-state index >= 15 is 0 Å². The van der Waals surface area contributed by atoms with Crippen LogP contribution in [0.1, 0.15) is 13.3 Å². The summed E-state index contributed by atoms with van der Waals surface area (Å²) in [7, 11) is 1.53. The SMILES string of the molecule is CC1=CNC(Cn2c(Oc3ccc(F)cc3)nc3c2c(=O)n(CCCO)c(=O)n3C)S1. The molecule has 1 unspecified atom stereocenters. The average molecular weight is 447 g/mol. The predicted molar refractivity (Wildman–Crippen MR) is 116 cm³/mol. The second-order valence-electron chi connectivity index (χ2n) is 7.14. The summed E-state index contributed by atoms with van der Waals surface area (Å²) >= 11 is 1.61. The molecule has 11 heteroatoms. The fourth-order valence-electron chi connectivity index (χ4n) is 3.39. The zero-order valence-electron chi connectivity index (χ0n) is 17.0. The van der Waals surface area contributed by atoms with Crippen LogP contribution in [-0.4, -0.2) is 35.8 Å². The molecule has 0 radical (unpaired) electrons. The molecule has 0 fully saturated rings. The number of halogens is 1. The molecule has 2 aromatic heterocycles. The van der Waals surface area contributed by atoms with Gasteiger partial charge in [0.1, 0.15) is 11.6 Å². The van der Waals surface area contributed by atoms with Gasteiger partial charge in [0.15, 0.2) is 11.2 Å². The van der Waals surface area contributed by atoms with E-state index in [2.05, 4.69) is 10.3 Å². The van der Waals surface area contributed by atoms with Gasteiger partial charge >= 0.3 is 11.7 Å². The first-order valence-electron chi connectivity index (χ1n) is 9.73. The van der Waals surface area contributed by atoms with E-state index in [1.165, 1.54) is 35.9 Å². The number of ether oxygens (including phenoxy) is 1. The van der Waals surface area contributed by atoms with E-state index in [4.69, 9.17) is 9.84 Å². The van der Waals surface area contributed by atoms with Crippen molar-refractivity contribution < 1.29 is 14.2 Å². The number of aliphatic hydroxyl groups is 1. The summed E-state index contributed by atoms with van der Waals surface area (Å²) in [6.45, 7) is 2.28. The molecule has 2 N–H and O–H groups in total. The molecule has 164 valence electrons. The fourth-order valence-corrected chi connectivity index (χ4v) is 4.34. The maximum atomic E-state index is 13.3. The van der Waals surface area contributed by atoms with Crippen LogP contribution < -0.4 is 21.3 Å². The first-order chi connectivity index (χ1) is 14.9. The van der Waals surface area contributed by atoms with Gasteiger partial charge in [-0.05, 0) is 42.5 Å². The van der Waals surface area contributed by atoms with Crippen molar-refractivity contribution in [3.05, 3.63) is 62.0 Å². The number of benzene rings is 1. The number of hydrogen-bond donors (Lipinski definition) is 2. The van der Waals surface area contributed by atoms with Crippen LogP contribution >= 0.6 is 11.8 Å². The monoisotopic (exact) mass is 447 g/mol. The van der Waals surface area contributed by atoms with Gasteiger partial charge in [-0.15, -0.1) is 11.8 Å². The van der Waals surface area contributed by atoms with Crippen LogP contribution in [0.4, 0.5) is 4.39 Å². The molecule has 0 bridgehead atoms. The Morgan fingerprint density at radius 2 is 2.00 bits per heavy atom. The number of nitrogens with one attached hydrogen (secondary N) is 1. The van der Waals surface area contributed by atoms with E-state index in [1.807, 2.05) is 13.1 Å². The Morgan fingerprint density at radius 1 is 1.26 bits per heavy atom. The van der Waals surface area contributed by atoms with Gasteiger partial charge in [-0.1, -0.05) is 0 Å². The molecule has 3 heterocycles. The Morgan fingerprint density at radius 3 is 2.65 bits per heavy atom. The van der Waals surface area contributed by atoms with Gasteiger partial charge < -0.3 is 15.2 Å². The molecule has 31 heavy (non-hydrogen) atoms. The van der Waals surface area contributed by atoms with Crippen molar-refractivity contribution in [3.63, 3.8) is 0 Å². The lowest BCUT2D eigenvalue weighted by molar-refractivity contribution is 0.277. The molecule has 3 aromatic rings. The zero-order valence-corrected chi connectivity index (χ0v) is 17.9. The third kappa shape index (κ3) is 4.10. The van der Waals surface area contributed by atoms with Crippen LogP contribution in [0, 0.1) is 5.82 Å². The number of allylic oxidation sites excluding steroid dienone is 1. The topological polar surface area (TPSA) is 103 Å². The number of aliphatic hydroxyl groups excluding tert-OH is 1. The van der Waals surface area contributed by atoms with Crippen molar-refractivity contribution >= 4 is 22.9 Å². The smallest absolute Gasteiger partial charge is 0.332 e. The number of aromatic nitrogens is 4. The van der Waals surface area contributed by atoms with Crippen molar-refractivity contribution in [2.75, 3.05) is 6.61 Å². The van der Waals surface area contributed by atoms with Crippen molar-refractivity contribution in [1.29, 1.82) is 0 Å². The molecule has 1 aliphatic rings. The highest BCUT2D eigenvalue weighted by Crippen LogP contribution is 2.30. The third-order valence-electron chi connectivity index (χ3n) is 4.91. The molecule has 0 aliphatic carbocycles. The summed E-state index contributed by atoms with van der Waals surface area (Å²) < 4.78 is 23.2. The molecule has 0 saturated heterocycles. The predicted octanol–water partition coefficient (Wildman–Crippen LogP) is 1.73. The van der Waals surface area contributed by atoms with Crippen LogP contribution in [-0.2, 0) is 20.1 Å². The standard InChI is InChI=1S/C20H22FN5O4S/c1-12-10-22-15(31-12)11-26-16-17(23-19(26)30-14-6-4-13(21)5-7-14)24(2)20(29)25(18(16)28)8-3-9-27/h4-7,10,15,22,27H,3,8-9,11H2,1-2H3. The Kier molecular flexibility index (Phi) is 5.88. The highest BCUT2D eigenvalue weighted by Gasteiger charge is 2.25. The van der Waals surface area contributed by atoms with E-state index < -0.39 is 17.1 Å². The fraction of sp³-hybridized carbons (Fsp3) is 0.350. The molecular formula is C20H22FN5O4S. The maximum absolute atomic E-state index is 13.3. The van der Waals surface area contributed by atoms with Crippen molar-refractivity contribution in [3.8, 4) is 11.8 Å². The molecule has 1 aliphatic heterocycles. The Balaban J connectivity index is 1.86. The number of nitrogens with zero attached hydrogens (tertiary/aromatic N) is 4. The van der Waals surface area contributed by atoms with E-state index in [1.54, 1.807) is 16.3 Å². The van der Waals surface area contributed by atoms with Crippen molar-refractivity contribution in [2.45, 2.75) is 31.8 Å². The zero-order chi connectivity index (χ0) is 22.1. The minimum absolute atomic E-state index is 0.0597. The summed E-state index contributed by atoms with van der Waals surface area (Å²) in [5.74, 6) is -0.0481. The van der Waals surface area contributed by atoms with E-state index in [0.717, 1.165) is 9.47 Å². The second kappa shape index (κ2) is 8.60. The molecule has 9 nitrogen and oxygen atoms in total. The number of hydrogen-bond acceptors (Lipinski definition) is 7. The Bertz CT molecular complexity index is 1260. The lowest BCUT2D eigenvalue weighted by Gasteiger charge is -2.15. The summed E-state index contributed by atoms with van der Waals surface area (Å²) in [5.41, 5.74) is -0.598. The number of thioether (sulfide) groups is 1. The molecule has 1 atom stereocenters. The lowest BCUT2D eigenvalue weighted by atomic mass is 10.3. The van der Waals surface area contributed by atoms with Crippen LogP contribution in [0.2, 0.25) is 0 Å². The molecule has 0 amide bonds. The highest BCUT2D eigenvalue weighted by atomic mass is 32.2. The summed E-state index contributed by atoms with van der Waals surface area (Å²) in [6.07, 6.45) is 2.17. The Hall–Kier alpha value is -3.05. The number of imidazole rings is 1. The number of rotatable bonds is 7. The minimum atomic E-state index is -0.519. The largest absolute Gasteiger partial charge is 0.425 e. The average Bonchev–Trinajstić information content (AvgIpc) is 3.32. The van der Waals surface area contributed by atoms with Crippen LogP contribution in [0.3, 0.4) is 0 Å². The molecule has 1 aromatic carbocycles. The Labute approximate surface area is 180 Å². The highest BCUT2D eigenvalue weighted by molar-refractivity contribution is 8.03. The summed E-state index contributed by atoms with van der Waals surface area (Å²) in [4.78, 5) is 31.5. The lowest BCUT2D eigenvalue weighted by Crippen LogP contribution is -2.40. The van der Waals surface area contributed by atoms with Crippen molar-refractivity contribution in [2.24, 2.45) is 7.05 Å². The van der Waals surface area contributed by atoms with E-state index in [9.17, 15) is 14.0 Å². The second-order valence-corrected chi connectivity index (χ2v) is 8.59. The van der Waals surface area contributed by atoms with Crippen LogP contribution in [0.5, 0.6) is 11.8 Å². The minimum Gasteiger partial charge on any atom is -0.425 e. The van der Waals surface area contributed by atoms with E-state index in [-0.39, 0.29) is 42.1 Å². The van der Waals surface area contributed by atoms with Gasteiger partial charge in [-0.3, -0.25) is 18.5 Å².